The molecule has 2 heterocycles. The second-order valence-corrected chi connectivity index (χ2v) is 7.87. The van der Waals surface area contributed by atoms with Crippen molar-refractivity contribution in [3.63, 3.8) is 0 Å². The van der Waals surface area contributed by atoms with E-state index in [-0.39, 0.29) is 5.75 Å². The van der Waals surface area contributed by atoms with Crippen LogP contribution in [0.3, 0.4) is 0 Å². The van der Waals surface area contributed by atoms with Gasteiger partial charge in [0.1, 0.15) is 16.5 Å². The van der Waals surface area contributed by atoms with Gasteiger partial charge in [0.05, 0.1) is 12.8 Å². The van der Waals surface area contributed by atoms with Gasteiger partial charge < -0.3 is 4.74 Å². The van der Waals surface area contributed by atoms with Crippen molar-refractivity contribution in [1.29, 1.82) is 0 Å². The maximum Gasteiger partial charge on any atom is 0.264 e. The Morgan fingerprint density at radius 1 is 1.03 bits per heavy atom. The van der Waals surface area contributed by atoms with Crippen LogP contribution in [0.4, 0.5) is 10.1 Å². The molecule has 10 heteroatoms. The summed E-state index contributed by atoms with van der Waals surface area (Å²) in [5, 5.41) is 12.4. The summed E-state index contributed by atoms with van der Waals surface area (Å²) in [4.78, 5) is -0.461. The zero-order valence-corrected chi connectivity index (χ0v) is 16.3. The molecule has 0 unspecified atom stereocenters. The van der Waals surface area contributed by atoms with Gasteiger partial charge in [0.2, 0.25) is 0 Å². The van der Waals surface area contributed by atoms with Crippen LogP contribution >= 0.6 is 0 Å². The molecule has 8 nitrogen and oxygen atoms in total. The van der Waals surface area contributed by atoms with Crippen LogP contribution in [-0.2, 0) is 10.0 Å². The van der Waals surface area contributed by atoms with Gasteiger partial charge in [-0.25, -0.2) is 12.8 Å². The van der Waals surface area contributed by atoms with Gasteiger partial charge in [-0.15, -0.1) is 10.2 Å². The van der Waals surface area contributed by atoms with E-state index < -0.39 is 20.7 Å². The Kier molecular flexibility index (Phi) is 4.63. The largest absolute Gasteiger partial charge is 0.497 e. The Balaban J connectivity index is 1.59. The molecule has 4 aromatic rings. The third-order valence-corrected chi connectivity index (χ3v) is 5.69. The highest BCUT2D eigenvalue weighted by Crippen LogP contribution is 2.24. The minimum Gasteiger partial charge on any atom is -0.497 e. The fourth-order valence-corrected chi connectivity index (χ4v) is 3.91. The normalized spacial score (nSPS) is 11.6. The molecule has 29 heavy (non-hydrogen) atoms. The number of aromatic nitrogens is 4. The molecule has 0 fully saturated rings. The molecule has 2 aromatic carbocycles. The lowest BCUT2D eigenvalue weighted by atomic mass is 10.1. The molecule has 0 aliphatic carbocycles. The van der Waals surface area contributed by atoms with E-state index in [4.69, 9.17) is 4.74 Å². The molecule has 0 saturated heterocycles. The van der Waals surface area contributed by atoms with E-state index in [0.717, 1.165) is 17.7 Å². The van der Waals surface area contributed by atoms with Gasteiger partial charge in [0, 0.05) is 17.3 Å². The Labute approximate surface area is 166 Å². The summed E-state index contributed by atoms with van der Waals surface area (Å²) in [7, 11) is -2.72. The molecule has 0 spiro atoms. The Bertz CT molecular complexity index is 1300. The number of halogens is 1. The maximum atomic E-state index is 14.1. The number of nitrogens with zero attached hydrogens (tertiary/aromatic N) is 4. The summed E-state index contributed by atoms with van der Waals surface area (Å²) in [6, 6.07) is 13.8. The zero-order valence-electron chi connectivity index (χ0n) is 15.5. The van der Waals surface area contributed by atoms with Crippen LogP contribution in [0.5, 0.6) is 5.75 Å². The summed E-state index contributed by atoms with van der Waals surface area (Å²) in [5.74, 6) is 0.00151. The van der Waals surface area contributed by atoms with Gasteiger partial charge in [0.15, 0.2) is 11.5 Å². The highest BCUT2D eigenvalue weighted by Gasteiger charge is 2.20. The molecule has 148 valence electrons. The number of aryl methyl sites for hydroxylation is 1. The average Bonchev–Trinajstić information content (AvgIpc) is 3.08. The highest BCUT2D eigenvalue weighted by atomic mass is 32.2. The lowest BCUT2D eigenvalue weighted by Crippen LogP contribution is -2.14. The minimum atomic E-state index is -4.09. The van der Waals surface area contributed by atoms with Crippen molar-refractivity contribution in [1.82, 2.24) is 19.8 Å². The highest BCUT2D eigenvalue weighted by molar-refractivity contribution is 7.92. The molecule has 0 amide bonds. The Morgan fingerprint density at radius 2 is 1.79 bits per heavy atom. The molecule has 0 radical (unpaired) electrons. The first-order valence-electron chi connectivity index (χ1n) is 8.53. The van der Waals surface area contributed by atoms with Gasteiger partial charge in [-0.2, -0.15) is 9.61 Å². The molecule has 0 aliphatic rings. The summed E-state index contributed by atoms with van der Waals surface area (Å²) in [6.45, 7) is 1.80. The lowest BCUT2D eigenvalue weighted by Gasteiger charge is -2.10. The number of anilines is 1. The predicted molar refractivity (Wildman–Crippen MR) is 105 cm³/mol. The molecule has 0 saturated carbocycles. The fraction of sp³-hybridized carbons (Fsp3) is 0.105. The molecule has 0 aliphatic heterocycles. The van der Waals surface area contributed by atoms with Gasteiger partial charge in [-0.1, -0.05) is 12.1 Å². The number of methoxy groups -OCH3 is 1. The van der Waals surface area contributed by atoms with Gasteiger partial charge >= 0.3 is 0 Å². The molecule has 0 atom stereocenters. The first kappa shape index (κ1) is 18.8. The van der Waals surface area contributed by atoms with Crippen molar-refractivity contribution in [2.75, 3.05) is 11.8 Å². The molecule has 0 bridgehead atoms. The first-order chi connectivity index (χ1) is 13.9. The summed E-state index contributed by atoms with van der Waals surface area (Å²) >= 11 is 0. The van der Waals surface area contributed by atoms with Crippen molar-refractivity contribution < 1.29 is 17.5 Å². The van der Waals surface area contributed by atoms with E-state index in [9.17, 15) is 12.8 Å². The Morgan fingerprint density at radius 3 is 2.48 bits per heavy atom. The van der Waals surface area contributed by atoms with E-state index >= 15 is 0 Å². The molecular weight excluding hydrogens is 397 g/mol. The minimum absolute atomic E-state index is 0.235. The van der Waals surface area contributed by atoms with Crippen molar-refractivity contribution in [3.8, 4) is 17.0 Å². The third kappa shape index (κ3) is 3.61. The summed E-state index contributed by atoms with van der Waals surface area (Å²) in [5.41, 5.74) is 2.39. The fourth-order valence-electron chi connectivity index (χ4n) is 2.80. The monoisotopic (exact) mass is 413 g/mol. The summed E-state index contributed by atoms with van der Waals surface area (Å²) in [6.07, 6.45) is 0. The van der Waals surface area contributed by atoms with Crippen LogP contribution < -0.4 is 9.46 Å². The molecule has 2 aromatic heterocycles. The third-order valence-electron chi connectivity index (χ3n) is 4.28. The number of sulfonamides is 1. The van der Waals surface area contributed by atoms with E-state index in [1.807, 2.05) is 0 Å². The second-order valence-electron chi connectivity index (χ2n) is 6.21. The number of rotatable bonds is 5. The number of fused-ring (bicyclic) bond motifs is 1. The predicted octanol–water partition coefficient (Wildman–Crippen LogP) is 3.05. The van der Waals surface area contributed by atoms with Crippen molar-refractivity contribution in [3.05, 3.63) is 66.2 Å². The van der Waals surface area contributed by atoms with Crippen LogP contribution in [0.15, 0.2) is 59.5 Å². The smallest absolute Gasteiger partial charge is 0.264 e. The van der Waals surface area contributed by atoms with E-state index in [2.05, 4.69) is 20.0 Å². The number of hydrogen-bond acceptors (Lipinski definition) is 6. The van der Waals surface area contributed by atoms with Crippen LogP contribution in [0, 0.1) is 12.7 Å². The number of nitrogens with one attached hydrogen (secondary N) is 1. The van der Waals surface area contributed by atoms with Crippen LogP contribution in [-0.4, -0.2) is 35.3 Å². The number of hydrogen-bond donors (Lipinski definition) is 1. The van der Waals surface area contributed by atoms with Gasteiger partial charge in [0.25, 0.3) is 10.0 Å². The van der Waals surface area contributed by atoms with Crippen molar-refractivity contribution in [2.24, 2.45) is 0 Å². The summed E-state index contributed by atoms with van der Waals surface area (Å²) < 4.78 is 48.0. The molecular formula is C19H16FN5O3S. The number of benzene rings is 2. The maximum absolute atomic E-state index is 14.1. The zero-order chi connectivity index (χ0) is 20.6. The van der Waals surface area contributed by atoms with Crippen LogP contribution in [0.25, 0.3) is 16.9 Å². The second kappa shape index (κ2) is 7.13. The van der Waals surface area contributed by atoms with E-state index in [1.54, 1.807) is 47.8 Å². The van der Waals surface area contributed by atoms with Gasteiger partial charge in [-0.3, -0.25) is 4.72 Å². The molecule has 1 N–H and O–H groups in total. The average molecular weight is 413 g/mol. The van der Waals surface area contributed by atoms with Crippen LogP contribution in [0.1, 0.15) is 5.82 Å². The Hall–Kier alpha value is -3.53. The quantitative estimate of drug-likeness (QED) is 0.540. The van der Waals surface area contributed by atoms with Crippen LogP contribution in [0.2, 0.25) is 0 Å². The standard InChI is InChI=1S/C19H16FN5O3S/c1-12-21-22-19-10-8-17(23-25(12)19)13-3-5-14(6-4-13)24-29(26,27)18-9-7-15(28-2)11-16(18)20/h3-11,24H,1-2H3. The van der Waals surface area contributed by atoms with Gasteiger partial charge in [-0.05, 0) is 43.3 Å². The SMILES string of the molecule is COc1ccc(S(=O)(=O)Nc2ccc(-c3ccc4nnc(C)n4n3)cc2)c(F)c1. The topological polar surface area (TPSA) is 98.5 Å². The number of ether oxygens (including phenoxy) is 1. The van der Waals surface area contributed by atoms with Crippen molar-refractivity contribution >= 4 is 21.4 Å². The van der Waals surface area contributed by atoms with E-state index in [0.29, 0.717) is 22.9 Å². The molecule has 4 rings (SSSR count). The first-order valence-corrected chi connectivity index (χ1v) is 10.0. The van der Waals surface area contributed by atoms with Crippen molar-refractivity contribution in [2.45, 2.75) is 11.8 Å². The van der Waals surface area contributed by atoms with E-state index in [1.165, 1.54) is 13.2 Å². The lowest BCUT2D eigenvalue weighted by molar-refractivity contribution is 0.410.